The Morgan fingerprint density at radius 2 is 1.91 bits per heavy atom. The topological polar surface area (TPSA) is 38.0 Å². The van der Waals surface area contributed by atoms with Crippen LogP contribution in [0.25, 0.3) is 0 Å². The molecule has 0 fully saturated rings. The summed E-state index contributed by atoms with van der Waals surface area (Å²) in [4.78, 5) is 0. The highest BCUT2D eigenvalue weighted by Crippen LogP contribution is 1.98. The van der Waals surface area contributed by atoms with Gasteiger partial charge in [0.25, 0.3) is 0 Å². The maximum absolute atomic E-state index is 5.60. The third kappa shape index (κ3) is 3.50. The summed E-state index contributed by atoms with van der Waals surface area (Å²) in [6, 6.07) is 0.362. The second-order valence-electron chi connectivity index (χ2n) is 2.58. The van der Waals surface area contributed by atoms with E-state index < -0.39 is 0 Å². The van der Waals surface area contributed by atoms with E-state index in [0.29, 0.717) is 11.7 Å². The monoisotopic (exact) mass is 152 g/mol. The van der Waals surface area contributed by atoms with Gasteiger partial charge in [-0.1, -0.05) is 13.2 Å². The average Bonchev–Trinajstić information content (AvgIpc) is 1.98. The molecule has 0 aliphatic carbocycles. The minimum Gasteiger partial charge on any atom is -0.397 e. The molecule has 0 aliphatic heterocycles. The minimum absolute atomic E-state index is 0.362. The summed E-state index contributed by atoms with van der Waals surface area (Å²) in [5.41, 5.74) is 7.08. The SMILES string of the molecule is C=C/C(N)=C(\C=C)NC(C)C. The Morgan fingerprint density at radius 1 is 1.36 bits per heavy atom. The number of hydrogen-bond donors (Lipinski definition) is 2. The lowest BCUT2D eigenvalue weighted by molar-refractivity contribution is 0.677. The van der Waals surface area contributed by atoms with Crippen LogP contribution in [0.5, 0.6) is 0 Å². The molecule has 0 aromatic rings. The van der Waals surface area contributed by atoms with Crippen molar-refractivity contribution < 1.29 is 0 Å². The van der Waals surface area contributed by atoms with Crippen molar-refractivity contribution in [1.82, 2.24) is 5.32 Å². The van der Waals surface area contributed by atoms with Crippen molar-refractivity contribution in [3.05, 3.63) is 36.7 Å². The molecule has 0 saturated heterocycles. The molecule has 2 nitrogen and oxygen atoms in total. The van der Waals surface area contributed by atoms with E-state index in [4.69, 9.17) is 5.73 Å². The normalized spacial score (nSPS) is 12.3. The summed E-state index contributed by atoms with van der Waals surface area (Å²) in [6.07, 6.45) is 3.30. The van der Waals surface area contributed by atoms with Gasteiger partial charge in [-0.25, -0.2) is 0 Å². The first-order chi connectivity index (χ1) is 5.11. The first kappa shape index (κ1) is 9.82. The van der Waals surface area contributed by atoms with E-state index >= 15 is 0 Å². The van der Waals surface area contributed by atoms with Crippen LogP contribution < -0.4 is 11.1 Å². The van der Waals surface area contributed by atoms with Crippen LogP contribution in [0.15, 0.2) is 36.7 Å². The number of nitrogens with two attached hydrogens (primary N) is 1. The molecule has 0 radical (unpaired) electrons. The molecule has 0 atom stereocenters. The molecule has 3 N–H and O–H groups in total. The fourth-order valence-electron chi connectivity index (χ4n) is 0.681. The molecule has 0 unspecified atom stereocenters. The molecule has 0 spiro atoms. The van der Waals surface area contributed by atoms with Crippen LogP contribution >= 0.6 is 0 Å². The zero-order chi connectivity index (χ0) is 8.85. The highest BCUT2D eigenvalue weighted by molar-refractivity contribution is 5.27. The average molecular weight is 152 g/mol. The molecule has 0 aromatic heterocycles. The van der Waals surface area contributed by atoms with Crippen molar-refractivity contribution in [1.29, 1.82) is 0 Å². The summed E-state index contributed by atoms with van der Waals surface area (Å²) in [6.45, 7) is 11.3. The lowest BCUT2D eigenvalue weighted by atomic mass is 10.3. The predicted octanol–water partition coefficient (Wildman–Crippen LogP) is 1.53. The first-order valence-electron chi connectivity index (χ1n) is 3.63. The summed E-state index contributed by atoms with van der Waals surface area (Å²) in [5.74, 6) is 0. The predicted molar refractivity (Wildman–Crippen MR) is 49.9 cm³/mol. The molecule has 11 heavy (non-hydrogen) atoms. The van der Waals surface area contributed by atoms with Gasteiger partial charge in [0.2, 0.25) is 0 Å². The highest BCUT2D eigenvalue weighted by atomic mass is 14.9. The Morgan fingerprint density at radius 3 is 2.18 bits per heavy atom. The molecular weight excluding hydrogens is 136 g/mol. The van der Waals surface area contributed by atoms with E-state index in [-0.39, 0.29) is 0 Å². The molecule has 2 heteroatoms. The molecule has 0 heterocycles. The van der Waals surface area contributed by atoms with Gasteiger partial charge in [-0.3, -0.25) is 0 Å². The number of rotatable bonds is 4. The lowest BCUT2D eigenvalue weighted by Crippen LogP contribution is -2.23. The smallest absolute Gasteiger partial charge is 0.0569 e. The van der Waals surface area contributed by atoms with Crippen LogP contribution in [-0.4, -0.2) is 6.04 Å². The third-order valence-electron chi connectivity index (χ3n) is 1.18. The standard InChI is InChI=1S/C9H16N2/c1-5-8(10)9(6-2)11-7(3)4/h5-7,11H,1-2,10H2,3-4H3/b9-8-. The summed E-state index contributed by atoms with van der Waals surface area (Å²) >= 11 is 0. The number of nitrogens with one attached hydrogen (secondary N) is 1. The van der Waals surface area contributed by atoms with Crippen molar-refractivity contribution in [2.45, 2.75) is 19.9 Å². The maximum atomic E-state index is 5.60. The fourth-order valence-corrected chi connectivity index (χ4v) is 0.681. The van der Waals surface area contributed by atoms with E-state index in [1.165, 1.54) is 0 Å². The molecule has 0 bridgehead atoms. The van der Waals surface area contributed by atoms with Crippen LogP contribution in [0, 0.1) is 0 Å². The molecule has 0 aliphatic rings. The number of allylic oxidation sites excluding steroid dienone is 2. The molecule has 0 amide bonds. The third-order valence-corrected chi connectivity index (χ3v) is 1.18. The van der Waals surface area contributed by atoms with Gasteiger partial charge in [-0.15, -0.1) is 0 Å². The van der Waals surface area contributed by atoms with Gasteiger partial charge < -0.3 is 11.1 Å². The van der Waals surface area contributed by atoms with Gasteiger partial charge in [-0.05, 0) is 26.0 Å². The quantitative estimate of drug-likeness (QED) is 0.599. The summed E-state index contributed by atoms with van der Waals surface area (Å²) in [5, 5.41) is 3.15. The van der Waals surface area contributed by atoms with E-state index in [1.807, 2.05) is 13.8 Å². The lowest BCUT2D eigenvalue weighted by Gasteiger charge is -2.11. The Hall–Kier alpha value is -1.18. The second kappa shape index (κ2) is 4.61. The maximum Gasteiger partial charge on any atom is 0.0569 e. The van der Waals surface area contributed by atoms with E-state index in [1.54, 1.807) is 12.2 Å². The van der Waals surface area contributed by atoms with Crippen LogP contribution in [0.3, 0.4) is 0 Å². The highest BCUT2D eigenvalue weighted by Gasteiger charge is 1.96. The Labute approximate surface area is 68.5 Å². The molecule has 0 saturated carbocycles. The van der Waals surface area contributed by atoms with Crippen molar-refractivity contribution >= 4 is 0 Å². The van der Waals surface area contributed by atoms with Crippen molar-refractivity contribution in [3.8, 4) is 0 Å². The first-order valence-corrected chi connectivity index (χ1v) is 3.63. The summed E-state index contributed by atoms with van der Waals surface area (Å²) < 4.78 is 0. The minimum atomic E-state index is 0.362. The van der Waals surface area contributed by atoms with Gasteiger partial charge in [0.15, 0.2) is 0 Å². The van der Waals surface area contributed by atoms with Crippen LogP contribution in [0.4, 0.5) is 0 Å². The molecule has 0 aromatic carbocycles. The largest absolute Gasteiger partial charge is 0.397 e. The van der Waals surface area contributed by atoms with Crippen LogP contribution in [0.1, 0.15) is 13.8 Å². The zero-order valence-electron chi connectivity index (χ0n) is 7.22. The summed E-state index contributed by atoms with van der Waals surface area (Å²) in [7, 11) is 0. The van der Waals surface area contributed by atoms with Gasteiger partial charge in [-0.2, -0.15) is 0 Å². The van der Waals surface area contributed by atoms with Gasteiger partial charge in [0.1, 0.15) is 0 Å². The Bertz CT molecular complexity index is 178. The van der Waals surface area contributed by atoms with Crippen molar-refractivity contribution in [2.75, 3.05) is 0 Å². The Kier molecular flexibility index (Phi) is 4.11. The molecule has 62 valence electrons. The van der Waals surface area contributed by atoms with Gasteiger partial charge in [0.05, 0.1) is 11.4 Å². The van der Waals surface area contributed by atoms with Crippen LogP contribution in [0.2, 0.25) is 0 Å². The van der Waals surface area contributed by atoms with E-state index in [2.05, 4.69) is 18.5 Å². The van der Waals surface area contributed by atoms with E-state index in [0.717, 1.165) is 5.70 Å². The molecule has 0 rings (SSSR count). The molecular formula is C9H16N2. The van der Waals surface area contributed by atoms with Crippen LogP contribution in [-0.2, 0) is 0 Å². The van der Waals surface area contributed by atoms with Gasteiger partial charge in [0, 0.05) is 6.04 Å². The fraction of sp³-hybridized carbons (Fsp3) is 0.333. The van der Waals surface area contributed by atoms with Gasteiger partial charge >= 0.3 is 0 Å². The Balaban J connectivity index is 4.38. The zero-order valence-corrected chi connectivity index (χ0v) is 7.22. The van der Waals surface area contributed by atoms with Crippen molar-refractivity contribution in [3.63, 3.8) is 0 Å². The number of hydrogen-bond acceptors (Lipinski definition) is 2. The van der Waals surface area contributed by atoms with Crippen molar-refractivity contribution in [2.24, 2.45) is 5.73 Å². The second-order valence-corrected chi connectivity index (χ2v) is 2.58. The van der Waals surface area contributed by atoms with E-state index in [9.17, 15) is 0 Å².